The van der Waals surface area contributed by atoms with Gasteiger partial charge in [0.1, 0.15) is 12.2 Å². The highest BCUT2D eigenvalue weighted by molar-refractivity contribution is 5.89. The number of urea groups is 1. The number of rotatable bonds is 4. The van der Waals surface area contributed by atoms with Crippen LogP contribution in [-0.4, -0.2) is 48.6 Å². The standard InChI is InChI=1S/C17H25N7O/c1-2-22-12-18-21-16(22)13-5-4-8-23(10-13)17(25)20-14-9-19-24(11-14)15-6-3-7-15/h9,11-13,15H,2-8,10H2,1H3,(H,20,25). The average Bonchev–Trinajstić information content (AvgIpc) is 3.22. The molecule has 2 aromatic rings. The van der Waals surface area contributed by atoms with Crippen molar-refractivity contribution in [3.63, 3.8) is 0 Å². The van der Waals surface area contributed by atoms with E-state index in [-0.39, 0.29) is 11.9 Å². The van der Waals surface area contributed by atoms with E-state index in [4.69, 9.17) is 0 Å². The lowest BCUT2D eigenvalue weighted by molar-refractivity contribution is 0.190. The minimum Gasteiger partial charge on any atom is -0.324 e. The van der Waals surface area contributed by atoms with Gasteiger partial charge in [-0.1, -0.05) is 0 Å². The summed E-state index contributed by atoms with van der Waals surface area (Å²) >= 11 is 0. The summed E-state index contributed by atoms with van der Waals surface area (Å²) in [5.74, 6) is 1.23. The second-order valence-electron chi connectivity index (χ2n) is 6.98. The van der Waals surface area contributed by atoms with Gasteiger partial charge in [0.05, 0.1) is 17.9 Å². The zero-order valence-electron chi connectivity index (χ0n) is 14.6. The number of nitrogens with one attached hydrogen (secondary N) is 1. The highest BCUT2D eigenvalue weighted by Gasteiger charge is 2.28. The highest BCUT2D eigenvalue weighted by Crippen LogP contribution is 2.31. The molecule has 3 heterocycles. The first-order valence-corrected chi connectivity index (χ1v) is 9.22. The third kappa shape index (κ3) is 3.25. The maximum atomic E-state index is 12.6. The number of aryl methyl sites for hydroxylation is 1. The van der Waals surface area contributed by atoms with Crippen LogP contribution >= 0.6 is 0 Å². The molecule has 1 atom stereocenters. The molecule has 2 aliphatic rings. The lowest BCUT2D eigenvalue weighted by Crippen LogP contribution is -2.42. The molecule has 0 spiro atoms. The Kier molecular flexibility index (Phi) is 4.42. The topological polar surface area (TPSA) is 80.9 Å². The molecule has 134 valence electrons. The van der Waals surface area contributed by atoms with E-state index < -0.39 is 0 Å². The van der Waals surface area contributed by atoms with Crippen LogP contribution in [0.3, 0.4) is 0 Å². The highest BCUT2D eigenvalue weighted by atomic mass is 16.2. The van der Waals surface area contributed by atoms with Crippen molar-refractivity contribution in [2.75, 3.05) is 18.4 Å². The summed E-state index contributed by atoms with van der Waals surface area (Å²) in [5.41, 5.74) is 0.774. The molecule has 1 saturated carbocycles. The summed E-state index contributed by atoms with van der Waals surface area (Å²) in [6, 6.07) is 0.450. The first kappa shape index (κ1) is 16.1. The van der Waals surface area contributed by atoms with Gasteiger partial charge >= 0.3 is 6.03 Å². The number of piperidine rings is 1. The van der Waals surface area contributed by atoms with Crippen molar-refractivity contribution in [2.45, 2.75) is 57.5 Å². The second-order valence-corrected chi connectivity index (χ2v) is 6.98. The van der Waals surface area contributed by atoms with E-state index in [1.165, 1.54) is 19.3 Å². The summed E-state index contributed by atoms with van der Waals surface area (Å²) in [5, 5.41) is 15.7. The van der Waals surface area contributed by atoms with Crippen molar-refractivity contribution in [3.05, 3.63) is 24.5 Å². The van der Waals surface area contributed by atoms with Gasteiger partial charge in [0, 0.05) is 31.7 Å². The number of hydrogen-bond donors (Lipinski definition) is 1. The smallest absolute Gasteiger partial charge is 0.321 e. The molecular weight excluding hydrogens is 318 g/mol. The van der Waals surface area contributed by atoms with Gasteiger partial charge in [0.2, 0.25) is 0 Å². The molecule has 0 radical (unpaired) electrons. The van der Waals surface area contributed by atoms with Crippen LogP contribution in [0.15, 0.2) is 18.7 Å². The van der Waals surface area contributed by atoms with E-state index in [0.29, 0.717) is 12.6 Å². The number of carbonyl (C=O) groups is 1. The number of carbonyl (C=O) groups excluding carboxylic acids is 1. The predicted octanol–water partition coefficient (Wildman–Crippen LogP) is 2.63. The Labute approximate surface area is 147 Å². The molecule has 1 saturated heterocycles. The van der Waals surface area contributed by atoms with Gasteiger partial charge in [0.15, 0.2) is 0 Å². The first-order valence-electron chi connectivity index (χ1n) is 9.22. The van der Waals surface area contributed by atoms with Gasteiger partial charge in [-0.25, -0.2) is 4.79 Å². The van der Waals surface area contributed by atoms with Crippen molar-refractivity contribution < 1.29 is 4.79 Å². The predicted molar refractivity (Wildman–Crippen MR) is 93.4 cm³/mol. The van der Waals surface area contributed by atoms with Gasteiger partial charge in [-0.2, -0.15) is 5.10 Å². The summed E-state index contributed by atoms with van der Waals surface area (Å²) in [6.45, 7) is 4.39. The molecule has 2 aromatic heterocycles. The van der Waals surface area contributed by atoms with Crippen LogP contribution in [-0.2, 0) is 6.54 Å². The van der Waals surface area contributed by atoms with Gasteiger partial charge in [0.25, 0.3) is 0 Å². The number of aromatic nitrogens is 5. The van der Waals surface area contributed by atoms with Crippen molar-refractivity contribution in [2.24, 2.45) is 0 Å². The minimum atomic E-state index is -0.0552. The van der Waals surface area contributed by atoms with Gasteiger partial charge in [-0.15, -0.1) is 10.2 Å². The van der Waals surface area contributed by atoms with Crippen LogP contribution in [0, 0.1) is 0 Å². The summed E-state index contributed by atoms with van der Waals surface area (Å²) in [4.78, 5) is 14.5. The van der Waals surface area contributed by atoms with Crippen LogP contribution in [0.5, 0.6) is 0 Å². The SMILES string of the molecule is CCn1cnnc1C1CCCN(C(=O)Nc2cnn(C3CCC3)c2)C1. The third-order valence-corrected chi connectivity index (χ3v) is 5.36. The molecule has 25 heavy (non-hydrogen) atoms. The van der Waals surface area contributed by atoms with Crippen LogP contribution in [0.25, 0.3) is 0 Å². The Morgan fingerprint density at radius 3 is 2.96 bits per heavy atom. The molecule has 0 bridgehead atoms. The quantitative estimate of drug-likeness (QED) is 0.925. The summed E-state index contributed by atoms with van der Waals surface area (Å²) < 4.78 is 4.04. The zero-order chi connectivity index (χ0) is 17.2. The van der Waals surface area contributed by atoms with E-state index >= 15 is 0 Å². The Bertz CT molecular complexity index is 733. The molecule has 2 amide bonds. The van der Waals surface area contributed by atoms with E-state index in [2.05, 4.69) is 32.1 Å². The largest absolute Gasteiger partial charge is 0.324 e. The molecule has 1 aliphatic heterocycles. The van der Waals surface area contributed by atoms with Crippen LogP contribution in [0.4, 0.5) is 10.5 Å². The lowest BCUT2D eigenvalue weighted by atomic mass is 9.93. The van der Waals surface area contributed by atoms with E-state index in [9.17, 15) is 4.79 Å². The fourth-order valence-corrected chi connectivity index (χ4v) is 3.65. The molecule has 2 fully saturated rings. The number of nitrogens with zero attached hydrogens (tertiary/aromatic N) is 6. The normalized spacial score (nSPS) is 21.2. The Balaban J connectivity index is 1.39. The van der Waals surface area contributed by atoms with Crippen molar-refractivity contribution in [3.8, 4) is 0 Å². The number of likely N-dealkylation sites (tertiary alicyclic amines) is 1. The number of hydrogen-bond acceptors (Lipinski definition) is 4. The fraction of sp³-hybridized carbons (Fsp3) is 0.647. The number of anilines is 1. The van der Waals surface area contributed by atoms with E-state index in [1.807, 2.05) is 15.8 Å². The summed E-state index contributed by atoms with van der Waals surface area (Å²) in [6.07, 6.45) is 11.1. The molecule has 0 aromatic carbocycles. The molecule has 8 heteroatoms. The molecular formula is C17H25N7O. The molecule has 1 unspecified atom stereocenters. The zero-order valence-corrected chi connectivity index (χ0v) is 14.6. The maximum absolute atomic E-state index is 12.6. The van der Waals surface area contributed by atoms with Crippen molar-refractivity contribution >= 4 is 11.7 Å². The Morgan fingerprint density at radius 1 is 1.32 bits per heavy atom. The third-order valence-electron chi connectivity index (χ3n) is 5.36. The Morgan fingerprint density at radius 2 is 2.20 bits per heavy atom. The van der Waals surface area contributed by atoms with Crippen LogP contribution < -0.4 is 5.32 Å². The molecule has 1 aliphatic carbocycles. The van der Waals surface area contributed by atoms with Crippen LogP contribution in [0.2, 0.25) is 0 Å². The van der Waals surface area contributed by atoms with Crippen molar-refractivity contribution in [1.29, 1.82) is 0 Å². The van der Waals surface area contributed by atoms with E-state index in [1.54, 1.807) is 12.5 Å². The second kappa shape index (κ2) is 6.85. The van der Waals surface area contributed by atoms with Crippen LogP contribution in [0.1, 0.15) is 56.8 Å². The average molecular weight is 343 g/mol. The molecule has 1 N–H and O–H groups in total. The molecule has 8 nitrogen and oxygen atoms in total. The summed E-state index contributed by atoms with van der Waals surface area (Å²) in [7, 11) is 0. The monoisotopic (exact) mass is 343 g/mol. The van der Waals surface area contributed by atoms with Gasteiger partial charge in [-0.3, -0.25) is 4.68 Å². The van der Waals surface area contributed by atoms with Gasteiger partial charge < -0.3 is 14.8 Å². The Hall–Kier alpha value is -2.38. The lowest BCUT2D eigenvalue weighted by Gasteiger charge is -2.32. The minimum absolute atomic E-state index is 0.0552. The number of amides is 2. The fourth-order valence-electron chi connectivity index (χ4n) is 3.65. The first-order chi connectivity index (χ1) is 12.2. The van der Waals surface area contributed by atoms with Crippen molar-refractivity contribution in [1.82, 2.24) is 29.4 Å². The molecule has 4 rings (SSSR count). The van der Waals surface area contributed by atoms with Gasteiger partial charge in [-0.05, 0) is 39.0 Å². The van der Waals surface area contributed by atoms with E-state index in [0.717, 1.165) is 37.4 Å². The maximum Gasteiger partial charge on any atom is 0.321 e.